The molecule has 34 heavy (non-hydrogen) atoms. The minimum Gasteiger partial charge on any atom is -0.373 e. The van der Waals surface area contributed by atoms with E-state index in [0.717, 1.165) is 37.7 Å². The quantitative estimate of drug-likeness (QED) is 0.231. The molecule has 1 aromatic carbocycles. The number of carbonyl (C=O) groups excluding carboxylic acids is 2. The van der Waals surface area contributed by atoms with E-state index in [1.54, 1.807) is 21.6 Å². The summed E-state index contributed by atoms with van der Waals surface area (Å²) in [7, 11) is 5.74. The molecule has 0 amide bonds. The van der Waals surface area contributed by atoms with Crippen molar-refractivity contribution < 1.29 is 19.1 Å². The van der Waals surface area contributed by atoms with Crippen molar-refractivity contribution in [1.29, 1.82) is 0 Å². The highest BCUT2D eigenvalue weighted by Gasteiger charge is 2.26. The molecule has 190 valence electrons. The third kappa shape index (κ3) is 10.9. The number of nitrogens with zero attached hydrogens (tertiary/aromatic N) is 2. The molecule has 0 radical (unpaired) electrons. The zero-order valence-electron chi connectivity index (χ0n) is 19.8. The average Bonchev–Trinajstić information content (AvgIpc) is 2.73. The molecule has 6 nitrogen and oxygen atoms in total. The van der Waals surface area contributed by atoms with Crippen molar-refractivity contribution >= 4 is 76.0 Å². The number of benzene rings is 1. The van der Waals surface area contributed by atoms with Gasteiger partial charge in [-0.25, -0.2) is 8.61 Å². The number of hydrogen-bond acceptors (Lipinski definition) is 12. The SMILES string of the molecule is CC1CN(SC(=O)SSCc2ccc(CSSC(=O)SN3CC(C)OC(C)C3)cc2)CC(C)O1. The molecule has 0 saturated carbocycles. The van der Waals surface area contributed by atoms with E-state index in [1.165, 1.54) is 56.6 Å². The smallest absolute Gasteiger partial charge is 0.271 e. The molecule has 2 aliphatic rings. The van der Waals surface area contributed by atoms with Gasteiger partial charge in [-0.1, -0.05) is 45.9 Å². The fraction of sp³-hybridized carbons (Fsp3) is 0.636. The van der Waals surface area contributed by atoms with Crippen molar-refractivity contribution in [1.82, 2.24) is 8.61 Å². The first-order valence-electron chi connectivity index (χ1n) is 11.2. The predicted octanol–water partition coefficient (Wildman–Crippen LogP) is 7.20. The van der Waals surface area contributed by atoms with Gasteiger partial charge in [0.15, 0.2) is 0 Å². The molecule has 3 rings (SSSR count). The molecule has 4 unspecified atom stereocenters. The van der Waals surface area contributed by atoms with E-state index < -0.39 is 0 Å². The van der Waals surface area contributed by atoms with Crippen LogP contribution in [0.4, 0.5) is 9.59 Å². The van der Waals surface area contributed by atoms with Crippen molar-refractivity contribution in [3.8, 4) is 0 Å². The van der Waals surface area contributed by atoms with Gasteiger partial charge in [-0.05, 0) is 60.4 Å². The van der Waals surface area contributed by atoms with Gasteiger partial charge in [-0.3, -0.25) is 9.59 Å². The second-order valence-corrected chi connectivity index (χ2v) is 15.6. The van der Waals surface area contributed by atoms with Gasteiger partial charge >= 0.3 is 0 Å². The molecule has 12 heteroatoms. The molecule has 0 spiro atoms. The van der Waals surface area contributed by atoms with Crippen molar-refractivity contribution in [2.45, 2.75) is 63.6 Å². The standard InChI is InChI=1S/C22H32N2O4S6/c1-15-9-23(10-16(2)27-15)31-21(25)33-29-13-19-5-7-20(8-6-19)14-30-34-22(26)32-24-11-17(3)28-18(4)12-24/h5-8,15-18H,9-14H2,1-4H3. The van der Waals surface area contributed by atoms with E-state index >= 15 is 0 Å². The number of hydrogen-bond donors (Lipinski definition) is 0. The molecule has 0 bridgehead atoms. The Hall–Kier alpha value is 0.500. The van der Waals surface area contributed by atoms with Crippen LogP contribution in [0.25, 0.3) is 0 Å². The summed E-state index contributed by atoms with van der Waals surface area (Å²) < 4.78 is 15.9. The van der Waals surface area contributed by atoms with Gasteiger partial charge in [0, 0.05) is 61.6 Å². The molecule has 2 aliphatic heterocycles. The summed E-state index contributed by atoms with van der Waals surface area (Å²) in [5.74, 6) is 1.56. The molecule has 0 aliphatic carbocycles. The van der Waals surface area contributed by atoms with Gasteiger partial charge in [0.1, 0.15) is 0 Å². The van der Waals surface area contributed by atoms with E-state index in [1.807, 2.05) is 27.7 Å². The zero-order valence-corrected chi connectivity index (χ0v) is 24.7. The third-order valence-corrected chi connectivity index (χ3v) is 11.6. The normalized spacial score (nSPS) is 26.5. The fourth-order valence-electron chi connectivity index (χ4n) is 3.67. The van der Waals surface area contributed by atoms with E-state index in [0.29, 0.717) is 0 Å². The molecule has 2 saturated heterocycles. The van der Waals surface area contributed by atoms with Crippen LogP contribution >= 0.6 is 67.1 Å². The lowest BCUT2D eigenvalue weighted by molar-refractivity contribution is -0.0414. The Morgan fingerprint density at radius 2 is 1.03 bits per heavy atom. The van der Waals surface area contributed by atoms with Gasteiger partial charge in [-0.15, -0.1) is 0 Å². The van der Waals surface area contributed by atoms with Gasteiger partial charge in [-0.2, -0.15) is 0 Å². The summed E-state index contributed by atoms with van der Waals surface area (Å²) in [6, 6.07) is 8.41. The summed E-state index contributed by atoms with van der Waals surface area (Å²) in [5, 5.41) is 0. The topological polar surface area (TPSA) is 59.1 Å². The minimum atomic E-state index is 0.111. The van der Waals surface area contributed by atoms with Crippen LogP contribution < -0.4 is 0 Å². The lowest BCUT2D eigenvalue weighted by Gasteiger charge is -2.33. The van der Waals surface area contributed by atoms with E-state index in [4.69, 9.17) is 9.47 Å². The van der Waals surface area contributed by atoms with Crippen molar-refractivity contribution in [3.63, 3.8) is 0 Å². The van der Waals surface area contributed by atoms with Crippen molar-refractivity contribution in [2.75, 3.05) is 26.2 Å². The first-order valence-corrected chi connectivity index (χ1v) is 17.4. The Labute approximate surface area is 227 Å². The van der Waals surface area contributed by atoms with Crippen LogP contribution in [-0.4, -0.2) is 68.1 Å². The number of ether oxygens (including phenoxy) is 2. The highest BCUT2D eigenvalue weighted by Crippen LogP contribution is 2.36. The first-order chi connectivity index (χ1) is 16.3. The summed E-state index contributed by atoms with van der Waals surface area (Å²) in [6.45, 7) is 11.3. The number of morpholine rings is 2. The van der Waals surface area contributed by atoms with E-state index in [-0.39, 0.29) is 33.3 Å². The van der Waals surface area contributed by atoms with Gasteiger partial charge in [0.25, 0.3) is 8.89 Å². The number of rotatable bonds is 8. The second kappa shape index (κ2) is 15.0. The monoisotopic (exact) mass is 580 g/mol. The maximum Gasteiger partial charge on any atom is 0.271 e. The van der Waals surface area contributed by atoms with Crippen LogP contribution in [0.2, 0.25) is 0 Å². The van der Waals surface area contributed by atoms with Crippen LogP contribution in [0.1, 0.15) is 38.8 Å². The van der Waals surface area contributed by atoms with Crippen LogP contribution in [0.15, 0.2) is 24.3 Å². The van der Waals surface area contributed by atoms with Crippen LogP contribution in [-0.2, 0) is 21.0 Å². The van der Waals surface area contributed by atoms with Gasteiger partial charge in [0.05, 0.1) is 24.4 Å². The Morgan fingerprint density at radius 1 is 0.706 bits per heavy atom. The molecule has 1 aromatic rings. The summed E-state index contributed by atoms with van der Waals surface area (Å²) in [6.07, 6.45) is 0.634. The van der Waals surface area contributed by atoms with Gasteiger partial charge in [0.2, 0.25) is 0 Å². The van der Waals surface area contributed by atoms with Crippen LogP contribution in [0.5, 0.6) is 0 Å². The second-order valence-electron chi connectivity index (χ2n) is 8.40. The predicted molar refractivity (Wildman–Crippen MR) is 153 cm³/mol. The van der Waals surface area contributed by atoms with Crippen molar-refractivity contribution in [3.05, 3.63) is 35.4 Å². The molecule has 2 fully saturated rings. The molecular formula is C22H32N2O4S6. The van der Waals surface area contributed by atoms with Gasteiger partial charge < -0.3 is 9.47 Å². The lowest BCUT2D eigenvalue weighted by Crippen LogP contribution is -2.42. The Balaban J connectivity index is 1.29. The maximum atomic E-state index is 12.3. The van der Waals surface area contributed by atoms with Crippen LogP contribution in [0.3, 0.4) is 0 Å². The largest absolute Gasteiger partial charge is 0.373 e. The fourth-order valence-corrected chi connectivity index (χ4v) is 10.2. The molecule has 0 aromatic heterocycles. The summed E-state index contributed by atoms with van der Waals surface area (Å²) in [4.78, 5) is 24.6. The minimum absolute atomic E-state index is 0.111. The summed E-state index contributed by atoms with van der Waals surface area (Å²) >= 11 is 2.60. The highest BCUT2D eigenvalue weighted by atomic mass is 33.1. The molecule has 2 heterocycles. The highest BCUT2D eigenvalue weighted by molar-refractivity contribution is 8.86. The van der Waals surface area contributed by atoms with E-state index in [9.17, 15) is 9.59 Å². The lowest BCUT2D eigenvalue weighted by atomic mass is 10.2. The van der Waals surface area contributed by atoms with Crippen molar-refractivity contribution in [2.24, 2.45) is 0 Å². The molecular weight excluding hydrogens is 549 g/mol. The molecule has 0 N–H and O–H groups in total. The van der Waals surface area contributed by atoms with Crippen LogP contribution in [0, 0.1) is 0 Å². The maximum absolute atomic E-state index is 12.3. The molecule has 4 atom stereocenters. The zero-order chi connectivity index (χ0) is 24.5. The number of carbonyl (C=O) groups is 2. The van der Waals surface area contributed by atoms with E-state index in [2.05, 4.69) is 32.9 Å². The summed E-state index contributed by atoms with van der Waals surface area (Å²) in [5.41, 5.74) is 2.38. The Kier molecular flexibility index (Phi) is 12.9. The average molecular weight is 581 g/mol. The Morgan fingerprint density at radius 3 is 1.35 bits per heavy atom. The first kappa shape index (κ1) is 29.1. The Bertz CT molecular complexity index is 717. The third-order valence-electron chi connectivity index (χ3n) is 4.91.